The Labute approximate surface area is 171 Å². The molecule has 1 atom stereocenters. The largest absolute Gasteiger partial charge is 0.452 e. The van der Waals surface area contributed by atoms with Crippen LogP contribution in [0.4, 0.5) is 0 Å². The summed E-state index contributed by atoms with van der Waals surface area (Å²) in [5.41, 5.74) is 2.58. The Balaban J connectivity index is 1.62. The van der Waals surface area contributed by atoms with Crippen molar-refractivity contribution in [2.24, 2.45) is 7.05 Å². The van der Waals surface area contributed by atoms with Gasteiger partial charge in [0.05, 0.1) is 17.2 Å². The van der Waals surface area contributed by atoms with Crippen molar-refractivity contribution in [3.05, 3.63) is 23.0 Å². The number of aryl methyl sites for hydroxylation is 2. The van der Waals surface area contributed by atoms with Crippen LogP contribution in [-0.4, -0.2) is 65.2 Å². The lowest BCUT2D eigenvalue weighted by Gasteiger charge is -2.33. The highest BCUT2D eigenvalue weighted by atomic mass is 32.2. The van der Waals surface area contributed by atoms with Crippen molar-refractivity contribution in [3.63, 3.8) is 0 Å². The monoisotopic (exact) mass is 423 g/mol. The van der Waals surface area contributed by atoms with Crippen LogP contribution < -0.4 is 0 Å². The molecule has 2 heterocycles. The molecule has 0 aromatic carbocycles. The first-order valence-corrected chi connectivity index (χ1v) is 11.9. The van der Waals surface area contributed by atoms with Gasteiger partial charge in [0.25, 0.3) is 5.91 Å². The van der Waals surface area contributed by atoms with E-state index in [0.29, 0.717) is 6.42 Å². The molecule has 0 N–H and O–H groups in total. The van der Waals surface area contributed by atoms with Gasteiger partial charge in [-0.1, -0.05) is 12.8 Å². The average molecular weight is 424 g/mol. The minimum absolute atomic E-state index is 0.00263. The van der Waals surface area contributed by atoms with Crippen LogP contribution in [0.2, 0.25) is 0 Å². The number of sulfone groups is 1. The third-order valence-corrected chi connectivity index (χ3v) is 7.65. The van der Waals surface area contributed by atoms with Gasteiger partial charge in [-0.2, -0.15) is 5.10 Å². The molecule has 1 saturated carbocycles. The molecule has 29 heavy (non-hydrogen) atoms. The zero-order valence-electron chi connectivity index (χ0n) is 17.3. The molecule has 0 bridgehead atoms. The van der Waals surface area contributed by atoms with Crippen molar-refractivity contribution >= 4 is 27.8 Å². The topological polar surface area (TPSA) is 98.6 Å². The molecule has 1 aliphatic heterocycles. The van der Waals surface area contributed by atoms with Gasteiger partial charge in [0, 0.05) is 36.5 Å². The number of carbonyl (C=O) groups excluding carboxylic acids is 2. The van der Waals surface area contributed by atoms with Crippen molar-refractivity contribution in [1.82, 2.24) is 14.7 Å². The number of ether oxygens (including phenoxy) is 1. The summed E-state index contributed by atoms with van der Waals surface area (Å²) in [5.74, 6) is -0.802. The molecular weight excluding hydrogens is 394 g/mol. The molecule has 160 valence electrons. The van der Waals surface area contributed by atoms with E-state index in [-0.39, 0.29) is 36.1 Å². The normalized spacial score (nSPS) is 21.7. The van der Waals surface area contributed by atoms with Gasteiger partial charge in [0.1, 0.15) is 0 Å². The fourth-order valence-electron chi connectivity index (χ4n) is 4.32. The van der Waals surface area contributed by atoms with E-state index in [0.717, 1.165) is 42.6 Å². The van der Waals surface area contributed by atoms with Crippen LogP contribution >= 0.6 is 0 Å². The summed E-state index contributed by atoms with van der Waals surface area (Å²) >= 11 is 0. The number of esters is 1. The van der Waals surface area contributed by atoms with Crippen LogP contribution in [-0.2, 0) is 31.2 Å². The summed E-state index contributed by atoms with van der Waals surface area (Å²) in [6, 6.07) is -0.277. The molecule has 0 radical (unpaired) electrons. The van der Waals surface area contributed by atoms with Gasteiger partial charge in [-0.25, -0.2) is 13.2 Å². The summed E-state index contributed by atoms with van der Waals surface area (Å²) in [7, 11) is -1.27. The van der Waals surface area contributed by atoms with Crippen LogP contribution in [0.5, 0.6) is 0 Å². The number of carbonyl (C=O) groups is 2. The highest BCUT2D eigenvalue weighted by molar-refractivity contribution is 7.91. The summed E-state index contributed by atoms with van der Waals surface area (Å²) in [6.45, 7) is 3.39. The number of rotatable bonds is 6. The Morgan fingerprint density at radius 1 is 1.21 bits per heavy atom. The molecular formula is C20H29N3O5S. The van der Waals surface area contributed by atoms with Crippen molar-refractivity contribution in [2.75, 3.05) is 18.1 Å². The van der Waals surface area contributed by atoms with Crippen LogP contribution in [0.3, 0.4) is 0 Å². The first-order chi connectivity index (χ1) is 13.7. The Bertz CT molecular complexity index is 913. The lowest BCUT2D eigenvalue weighted by atomic mass is 10.1. The van der Waals surface area contributed by atoms with E-state index in [2.05, 4.69) is 5.10 Å². The number of aromatic nitrogens is 2. The predicted octanol–water partition coefficient (Wildman–Crippen LogP) is 1.55. The standard InChI is InChI=1S/C20H29N3O5S/c1-14-18(15(2)22(3)21-14)8-9-20(25)28-12-19(24)23(16-6-4-5-7-16)17-10-11-29(26,27)13-17/h8-9,16-17H,4-7,10-13H2,1-3H3/b9-8+/t17-/m0/s1. The van der Waals surface area contributed by atoms with Crippen molar-refractivity contribution in [1.29, 1.82) is 0 Å². The van der Waals surface area contributed by atoms with E-state index in [9.17, 15) is 18.0 Å². The van der Waals surface area contributed by atoms with Gasteiger partial charge in [-0.15, -0.1) is 0 Å². The van der Waals surface area contributed by atoms with Crippen LogP contribution in [0, 0.1) is 13.8 Å². The van der Waals surface area contributed by atoms with E-state index < -0.39 is 15.8 Å². The van der Waals surface area contributed by atoms with Crippen molar-refractivity contribution in [3.8, 4) is 0 Å². The Hall–Kier alpha value is -2.16. The van der Waals surface area contributed by atoms with Gasteiger partial charge in [-0.05, 0) is 39.2 Å². The summed E-state index contributed by atoms with van der Waals surface area (Å²) in [5, 5.41) is 4.29. The number of hydrogen-bond acceptors (Lipinski definition) is 6. The third-order valence-electron chi connectivity index (χ3n) is 5.90. The fraction of sp³-hybridized carbons (Fsp3) is 0.650. The van der Waals surface area contributed by atoms with Gasteiger partial charge in [0.15, 0.2) is 16.4 Å². The number of hydrogen-bond donors (Lipinski definition) is 0. The fourth-order valence-corrected chi connectivity index (χ4v) is 6.03. The van der Waals surface area contributed by atoms with Gasteiger partial charge >= 0.3 is 5.97 Å². The molecule has 3 rings (SSSR count). The van der Waals surface area contributed by atoms with E-state index in [1.807, 2.05) is 20.9 Å². The molecule has 9 heteroatoms. The minimum Gasteiger partial charge on any atom is -0.452 e. The third kappa shape index (κ3) is 5.07. The molecule has 1 aromatic rings. The lowest BCUT2D eigenvalue weighted by molar-refractivity contribution is -0.150. The maximum Gasteiger partial charge on any atom is 0.331 e. The van der Waals surface area contributed by atoms with Gasteiger partial charge < -0.3 is 9.64 Å². The van der Waals surface area contributed by atoms with E-state index in [4.69, 9.17) is 4.74 Å². The molecule has 2 aliphatic rings. The first kappa shape index (κ1) is 21.5. The second-order valence-electron chi connectivity index (χ2n) is 7.95. The second kappa shape index (κ2) is 8.69. The second-order valence-corrected chi connectivity index (χ2v) is 10.2. The molecule has 1 aliphatic carbocycles. The van der Waals surface area contributed by atoms with Gasteiger partial charge in [-0.3, -0.25) is 9.48 Å². The first-order valence-electron chi connectivity index (χ1n) is 10.0. The lowest BCUT2D eigenvalue weighted by Crippen LogP contribution is -2.48. The van der Waals surface area contributed by atoms with E-state index in [1.54, 1.807) is 15.7 Å². The molecule has 1 amide bonds. The van der Waals surface area contributed by atoms with Gasteiger partial charge in [0.2, 0.25) is 0 Å². The molecule has 0 spiro atoms. The molecule has 0 unspecified atom stereocenters. The smallest absolute Gasteiger partial charge is 0.331 e. The summed E-state index contributed by atoms with van der Waals surface area (Å²) in [4.78, 5) is 26.6. The van der Waals surface area contributed by atoms with E-state index in [1.165, 1.54) is 6.08 Å². The van der Waals surface area contributed by atoms with Crippen LogP contribution in [0.15, 0.2) is 6.08 Å². The predicted molar refractivity (Wildman–Crippen MR) is 109 cm³/mol. The Kier molecular flexibility index (Phi) is 6.45. The Morgan fingerprint density at radius 2 is 1.90 bits per heavy atom. The molecule has 1 saturated heterocycles. The van der Waals surface area contributed by atoms with Crippen LogP contribution in [0.25, 0.3) is 6.08 Å². The zero-order valence-corrected chi connectivity index (χ0v) is 18.1. The maximum absolute atomic E-state index is 12.8. The number of nitrogens with zero attached hydrogens (tertiary/aromatic N) is 3. The zero-order chi connectivity index (χ0) is 21.2. The van der Waals surface area contributed by atoms with Crippen molar-refractivity contribution < 1.29 is 22.7 Å². The maximum atomic E-state index is 12.8. The van der Waals surface area contributed by atoms with Crippen LogP contribution in [0.1, 0.15) is 49.1 Å². The highest BCUT2D eigenvalue weighted by Crippen LogP contribution is 2.29. The summed E-state index contributed by atoms with van der Waals surface area (Å²) in [6.07, 6.45) is 7.19. The highest BCUT2D eigenvalue weighted by Gasteiger charge is 2.39. The molecule has 2 fully saturated rings. The SMILES string of the molecule is Cc1nn(C)c(C)c1/C=C/C(=O)OCC(=O)N(C1CCCC1)[C@H]1CCS(=O)(=O)C1. The van der Waals surface area contributed by atoms with E-state index >= 15 is 0 Å². The molecule has 1 aromatic heterocycles. The average Bonchev–Trinajstić information content (AvgIpc) is 3.35. The Morgan fingerprint density at radius 3 is 2.45 bits per heavy atom. The van der Waals surface area contributed by atoms with Crippen molar-refractivity contribution in [2.45, 2.75) is 58.0 Å². The quantitative estimate of drug-likeness (QED) is 0.509. The number of amides is 1. The minimum atomic E-state index is -3.10. The summed E-state index contributed by atoms with van der Waals surface area (Å²) < 4.78 is 30.7. The molecule has 8 nitrogen and oxygen atoms in total.